The molecule has 19 heavy (non-hydrogen) atoms. The third-order valence-electron chi connectivity index (χ3n) is 4.47. The molecule has 0 saturated heterocycles. The Balaban J connectivity index is 1.96. The highest BCUT2D eigenvalue weighted by Crippen LogP contribution is 2.27. The summed E-state index contributed by atoms with van der Waals surface area (Å²) < 4.78 is 0. The number of hydrogen-bond acceptors (Lipinski definition) is 1. The fraction of sp³-hybridized carbons (Fsp3) is 0.889. The summed E-state index contributed by atoms with van der Waals surface area (Å²) in [5.74, 6) is 0. The van der Waals surface area contributed by atoms with Crippen molar-refractivity contribution in [1.82, 2.24) is 5.32 Å². The minimum Gasteiger partial charge on any atom is -0.313 e. The van der Waals surface area contributed by atoms with Gasteiger partial charge in [-0.05, 0) is 24.7 Å². The van der Waals surface area contributed by atoms with Crippen LogP contribution in [-0.4, -0.2) is 12.6 Å². The molecule has 1 aliphatic carbocycles. The van der Waals surface area contributed by atoms with E-state index in [1.165, 1.54) is 70.6 Å². The van der Waals surface area contributed by atoms with E-state index >= 15 is 0 Å². The van der Waals surface area contributed by atoms with Gasteiger partial charge >= 0.3 is 0 Å². The van der Waals surface area contributed by atoms with Crippen molar-refractivity contribution >= 4 is 0 Å². The van der Waals surface area contributed by atoms with Gasteiger partial charge in [-0.3, -0.25) is 0 Å². The van der Waals surface area contributed by atoms with Crippen LogP contribution in [0, 0.1) is 5.41 Å². The molecule has 1 heteroatoms. The van der Waals surface area contributed by atoms with E-state index in [-0.39, 0.29) is 0 Å². The third-order valence-corrected chi connectivity index (χ3v) is 4.47. The van der Waals surface area contributed by atoms with Crippen molar-refractivity contribution in [2.45, 2.75) is 90.5 Å². The molecular formula is C18H35N. The average molecular weight is 265 g/mol. The van der Waals surface area contributed by atoms with Crippen molar-refractivity contribution in [3.05, 3.63) is 12.7 Å². The lowest BCUT2D eigenvalue weighted by Gasteiger charge is -2.26. The summed E-state index contributed by atoms with van der Waals surface area (Å²) in [6.45, 7) is 9.80. The van der Waals surface area contributed by atoms with Gasteiger partial charge in [-0.25, -0.2) is 0 Å². The first-order valence-corrected chi connectivity index (χ1v) is 8.57. The summed E-state index contributed by atoms with van der Waals surface area (Å²) in [7, 11) is 0. The van der Waals surface area contributed by atoms with Gasteiger partial charge in [0, 0.05) is 12.6 Å². The van der Waals surface area contributed by atoms with Gasteiger partial charge in [-0.15, -0.1) is 6.58 Å². The highest BCUT2D eigenvalue weighted by molar-refractivity contribution is 4.95. The van der Waals surface area contributed by atoms with Crippen LogP contribution in [-0.2, 0) is 0 Å². The minimum absolute atomic E-state index is 0.310. The zero-order valence-corrected chi connectivity index (χ0v) is 13.3. The quantitative estimate of drug-likeness (QED) is 0.344. The van der Waals surface area contributed by atoms with Crippen LogP contribution in [0.1, 0.15) is 84.5 Å². The van der Waals surface area contributed by atoms with E-state index in [4.69, 9.17) is 0 Å². The van der Waals surface area contributed by atoms with Crippen molar-refractivity contribution in [3.63, 3.8) is 0 Å². The summed E-state index contributed by atoms with van der Waals surface area (Å²) in [5, 5.41) is 3.65. The molecule has 0 aromatic rings. The first-order valence-electron chi connectivity index (χ1n) is 8.57. The van der Waals surface area contributed by atoms with Crippen molar-refractivity contribution in [1.29, 1.82) is 0 Å². The Morgan fingerprint density at radius 3 is 2.16 bits per heavy atom. The molecule has 0 aromatic carbocycles. The molecule has 1 saturated carbocycles. The van der Waals surface area contributed by atoms with E-state index in [1.54, 1.807) is 0 Å². The van der Waals surface area contributed by atoms with Crippen LogP contribution in [0.5, 0.6) is 0 Å². The number of rotatable bonds is 13. The zero-order valence-electron chi connectivity index (χ0n) is 13.3. The van der Waals surface area contributed by atoms with Crippen LogP contribution >= 0.6 is 0 Å². The Labute approximate surface area is 121 Å². The monoisotopic (exact) mass is 265 g/mol. The van der Waals surface area contributed by atoms with Crippen LogP contribution in [0.25, 0.3) is 0 Å². The summed E-state index contributed by atoms with van der Waals surface area (Å²) in [4.78, 5) is 0. The van der Waals surface area contributed by atoms with Crippen LogP contribution in [0.2, 0.25) is 0 Å². The molecule has 0 amide bonds. The van der Waals surface area contributed by atoms with E-state index in [2.05, 4.69) is 31.8 Å². The molecule has 0 radical (unpaired) electrons. The molecule has 1 aliphatic rings. The van der Waals surface area contributed by atoms with Crippen molar-refractivity contribution in [2.24, 2.45) is 5.41 Å². The SMILES string of the molecule is C=CC(C)(CCCCCCCCCC)CNC1CC1. The Bertz CT molecular complexity index is 232. The molecular weight excluding hydrogens is 230 g/mol. The number of unbranched alkanes of at least 4 members (excludes halogenated alkanes) is 7. The molecule has 112 valence electrons. The van der Waals surface area contributed by atoms with Crippen LogP contribution in [0.3, 0.4) is 0 Å². The molecule has 1 fully saturated rings. The molecule has 1 unspecified atom stereocenters. The zero-order chi connectivity index (χ0) is 14.0. The molecule has 0 aromatic heterocycles. The highest BCUT2D eigenvalue weighted by Gasteiger charge is 2.25. The molecule has 1 N–H and O–H groups in total. The van der Waals surface area contributed by atoms with E-state index in [9.17, 15) is 0 Å². The largest absolute Gasteiger partial charge is 0.313 e. The minimum atomic E-state index is 0.310. The maximum absolute atomic E-state index is 4.04. The number of hydrogen-bond donors (Lipinski definition) is 1. The fourth-order valence-corrected chi connectivity index (χ4v) is 2.59. The summed E-state index contributed by atoms with van der Waals surface area (Å²) in [6.07, 6.45) is 17.5. The average Bonchev–Trinajstić information content (AvgIpc) is 3.24. The molecule has 1 atom stereocenters. The third kappa shape index (κ3) is 8.47. The first kappa shape index (κ1) is 16.8. The standard InChI is InChI=1S/C18H35N/c1-4-6-7-8-9-10-11-12-15-18(3,5-2)16-19-17-13-14-17/h5,17,19H,2,4,6-16H2,1,3H3. The number of nitrogens with one attached hydrogen (secondary N) is 1. The summed E-state index contributed by atoms with van der Waals surface area (Å²) >= 11 is 0. The highest BCUT2D eigenvalue weighted by atomic mass is 15.0. The molecule has 1 rings (SSSR count). The van der Waals surface area contributed by atoms with E-state index in [0.717, 1.165) is 12.6 Å². The van der Waals surface area contributed by atoms with Crippen molar-refractivity contribution in [3.8, 4) is 0 Å². The molecule has 0 bridgehead atoms. The summed E-state index contributed by atoms with van der Waals surface area (Å²) in [6, 6.07) is 0.817. The van der Waals surface area contributed by atoms with Gasteiger partial charge in [0.05, 0.1) is 0 Å². The Morgan fingerprint density at radius 2 is 1.63 bits per heavy atom. The lowest BCUT2D eigenvalue weighted by atomic mass is 9.84. The van der Waals surface area contributed by atoms with Crippen molar-refractivity contribution < 1.29 is 0 Å². The van der Waals surface area contributed by atoms with Gasteiger partial charge in [0.1, 0.15) is 0 Å². The summed E-state index contributed by atoms with van der Waals surface area (Å²) in [5.41, 5.74) is 0.310. The van der Waals surface area contributed by atoms with Crippen LogP contribution < -0.4 is 5.32 Å². The van der Waals surface area contributed by atoms with Gasteiger partial charge in [0.15, 0.2) is 0 Å². The Hall–Kier alpha value is -0.300. The van der Waals surface area contributed by atoms with Gasteiger partial charge in [0.2, 0.25) is 0 Å². The molecule has 0 aliphatic heterocycles. The Kier molecular flexibility index (Phi) is 8.45. The second-order valence-corrected chi connectivity index (χ2v) is 6.74. The van der Waals surface area contributed by atoms with Crippen molar-refractivity contribution in [2.75, 3.05) is 6.54 Å². The lowest BCUT2D eigenvalue weighted by Crippen LogP contribution is -2.31. The molecule has 1 nitrogen and oxygen atoms in total. The predicted octanol–water partition coefficient (Wildman–Crippen LogP) is 5.46. The maximum Gasteiger partial charge on any atom is 0.00685 e. The second kappa shape index (κ2) is 9.58. The molecule has 0 spiro atoms. The Morgan fingerprint density at radius 1 is 1.05 bits per heavy atom. The second-order valence-electron chi connectivity index (χ2n) is 6.74. The predicted molar refractivity (Wildman–Crippen MR) is 86.6 cm³/mol. The van der Waals surface area contributed by atoms with E-state index in [1.807, 2.05) is 0 Å². The van der Waals surface area contributed by atoms with Crippen LogP contribution in [0.15, 0.2) is 12.7 Å². The van der Waals surface area contributed by atoms with Gasteiger partial charge in [-0.1, -0.05) is 71.3 Å². The fourth-order valence-electron chi connectivity index (χ4n) is 2.59. The normalized spacial score (nSPS) is 18.2. The topological polar surface area (TPSA) is 12.0 Å². The van der Waals surface area contributed by atoms with E-state index < -0.39 is 0 Å². The lowest BCUT2D eigenvalue weighted by molar-refractivity contribution is 0.346. The first-order chi connectivity index (χ1) is 9.20. The van der Waals surface area contributed by atoms with Gasteiger partial charge in [0.25, 0.3) is 0 Å². The van der Waals surface area contributed by atoms with Gasteiger partial charge in [-0.2, -0.15) is 0 Å². The van der Waals surface area contributed by atoms with E-state index in [0.29, 0.717) is 5.41 Å². The van der Waals surface area contributed by atoms with Gasteiger partial charge < -0.3 is 5.32 Å². The molecule has 0 heterocycles. The smallest absolute Gasteiger partial charge is 0.00685 e. The van der Waals surface area contributed by atoms with Crippen LogP contribution in [0.4, 0.5) is 0 Å². The maximum atomic E-state index is 4.04.